The highest BCUT2D eigenvalue weighted by atomic mass is 35.5. The zero-order valence-electron chi connectivity index (χ0n) is 18.9. The van der Waals surface area contributed by atoms with Crippen molar-refractivity contribution in [1.82, 2.24) is 4.57 Å². The minimum absolute atomic E-state index is 0.0496. The highest BCUT2D eigenvalue weighted by Gasteiger charge is 2.33. The highest BCUT2D eigenvalue weighted by molar-refractivity contribution is 6.31. The maximum Gasteiger partial charge on any atom is 0.335 e. The average molecular weight is 477 g/mol. The van der Waals surface area contributed by atoms with Gasteiger partial charge in [-0.05, 0) is 60.5 Å². The molecule has 7 heteroatoms. The molecule has 0 aliphatic heterocycles. The van der Waals surface area contributed by atoms with Crippen LogP contribution in [-0.4, -0.2) is 20.7 Å². The van der Waals surface area contributed by atoms with E-state index in [0.717, 1.165) is 5.69 Å². The zero-order chi connectivity index (χ0) is 24.8. The third-order valence-corrected chi connectivity index (χ3v) is 6.21. The third-order valence-electron chi connectivity index (χ3n) is 6.00. The molecule has 0 fully saturated rings. The van der Waals surface area contributed by atoms with E-state index in [4.69, 9.17) is 11.6 Å². The summed E-state index contributed by atoms with van der Waals surface area (Å²) in [5.74, 6) is -1.44. The van der Waals surface area contributed by atoms with E-state index in [1.54, 1.807) is 37.3 Å². The van der Waals surface area contributed by atoms with Crippen molar-refractivity contribution < 1.29 is 19.4 Å². The number of carboxylic acids is 1. The number of hydrogen-bond acceptors (Lipinski definition) is 3. The topological polar surface area (TPSA) is 86.2 Å². The van der Waals surface area contributed by atoms with Crippen LogP contribution < -0.4 is 0 Å². The van der Waals surface area contributed by atoms with Gasteiger partial charge in [0, 0.05) is 33.8 Å². The van der Waals surface area contributed by atoms with Crippen LogP contribution >= 0.6 is 11.6 Å². The summed E-state index contributed by atoms with van der Waals surface area (Å²) in [6.07, 6.45) is 0.165. The fraction of sp³-hybridized carbons (Fsp3) is 0.185. The lowest BCUT2D eigenvalue weighted by molar-refractivity contribution is 0.0697. The molecule has 34 heavy (non-hydrogen) atoms. The second-order valence-electron chi connectivity index (χ2n) is 8.91. The quantitative estimate of drug-likeness (QED) is 0.325. The first-order valence-corrected chi connectivity index (χ1v) is 11.0. The first kappa shape index (κ1) is 23.3. The molecule has 4 rings (SSSR count). The van der Waals surface area contributed by atoms with Crippen molar-refractivity contribution in [2.45, 2.75) is 32.6 Å². The summed E-state index contributed by atoms with van der Waals surface area (Å²) >= 11 is 6.33. The molecule has 172 valence electrons. The Morgan fingerprint density at radius 3 is 2.41 bits per heavy atom. The third kappa shape index (κ3) is 3.89. The lowest BCUT2D eigenvalue weighted by Gasteiger charge is -2.27. The minimum atomic E-state index is -1.05. The molecule has 0 aliphatic carbocycles. The molecule has 0 unspecified atom stereocenters. The summed E-state index contributed by atoms with van der Waals surface area (Å²) in [5, 5.41) is 30.7. The van der Waals surface area contributed by atoms with Crippen molar-refractivity contribution in [3.05, 3.63) is 82.3 Å². The number of fused-ring (bicyclic) bond motifs is 1. The smallest absolute Gasteiger partial charge is 0.335 e. The number of hydrogen-bond donors (Lipinski definition) is 2. The number of phenols is 1. The largest absolute Gasteiger partial charge is 0.507 e. The number of rotatable bonds is 5. The number of nitrogens with zero attached hydrogens (tertiary/aromatic N) is 2. The van der Waals surface area contributed by atoms with Crippen molar-refractivity contribution in [2.24, 2.45) is 0 Å². The molecular weight excluding hydrogens is 455 g/mol. The van der Waals surface area contributed by atoms with Crippen LogP contribution in [0, 0.1) is 24.1 Å². The Labute approximate surface area is 201 Å². The Kier molecular flexibility index (Phi) is 5.84. The predicted octanol–water partition coefficient (Wildman–Crippen LogP) is 6.99. The lowest BCUT2D eigenvalue weighted by Crippen LogP contribution is -2.22. The number of aromatic hydroxyl groups is 1. The SMILES string of the molecule is Cc1cc(-n2c(C(C)(C)CC#N)c(-c3ccc(C(=O)O)cc3)c3c(O)cc(Cl)cc32)ccc1F. The van der Waals surface area contributed by atoms with Crippen LogP contribution in [0.15, 0.2) is 54.6 Å². The molecule has 0 saturated heterocycles. The number of halogens is 2. The van der Waals surface area contributed by atoms with Crippen LogP contribution in [0.25, 0.3) is 27.7 Å². The van der Waals surface area contributed by atoms with Gasteiger partial charge in [-0.1, -0.05) is 37.6 Å². The molecule has 3 aromatic carbocycles. The van der Waals surface area contributed by atoms with E-state index in [0.29, 0.717) is 38.3 Å². The second-order valence-corrected chi connectivity index (χ2v) is 9.35. The van der Waals surface area contributed by atoms with E-state index in [1.165, 1.54) is 24.3 Å². The second kappa shape index (κ2) is 8.51. The molecule has 2 N–H and O–H groups in total. The van der Waals surface area contributed by atoms with Gasteiger partial charge in [-0.3, -0.25) is 0 Å². The van der Waals surface area contributed by atoms with Crippen LogP contribution in [0.3, 0.4) is 0 Å². The molecular formula is C27H22ClFN2O3. The number of phenolic OH excluding ortho intramolecular Hbond substituents is 1. The van der Waals surface area contributed by atoms with Crippen LogP contribution in [-0.2, 0) is 5.41 Å². The summed E-state index contributed by atoms with van der Waals surface area (Å²) in [6, 6.07) is 16.5. The summed E-state index contributed by atoms with van der Waals surface area (Å²) < 4.78 is 16.0. The van der Waals surface area contributed by atoms with Gasteiger partial charge in [0.05, 0.1) is 22.5 Å². The van der Waals surface area contributed by atoms with Crippen molar-refractivity contribution in [3.8, 4) is 28.6 Å². The van der Waals surface area contributed by atoms with E-state index in [1.807, 2.05) is 18.4 Å². The average Bonchev–Trinajstić information content (AvgIpc) is 3.12. The van der Waals surface area contributed by atoms with Crippen molar-refractivity contribution in [1.29, 1.82) is 5.26 Å². The summed E-state index contributed by atoms with van der Waals surface area (Å²) in [4.78, 5) is 11.4. The van der Waals surface area contributed by atoms with Crippen LogP contribution in [0.1, 0.15) is 41.9 Å². The molecule has 0 bridgehead atoms. The summed E-state index contributed by atoms with van der Waals surface area (Å²) in [6.45, 7) is 5.51. The first-order valence-electron chi connectivity index (χ1n) is 10.6. The van der Waals surface area contributed by atoms with Gasteiger partial charge in [-0.25, -0.2) is 9.18 Å². The van der Waals surface area contributed by atoms with Crippen LogP contribution in [0.4, 0.5) is 4.39 Å². The van der Waals surface area contributed by atoms with Crippen molar-refractivity contribution >= 4 is 28.5 Å². The minimum Gasteiger partial charge on any atom is -0.507 e. The van der Waals surface area contributed by atoms with Crippen LogP contribution in [0.5, 0.6) is 5.75 Å². The van der Waals surface area contributed by atoms with Gasteiger partial charge in [0.25, 0.3) is 0 Å². The van der Waals surface area contributed by atoms with Crippen LogP contribution in [0.2, 0.25) is 5.02 Å². The highest BCUT2D eigenvalue weighted by Crippen LogP contribution is 2.47. The maximum atomic E-state index is 14.1. The van der Waals surface area contributed by atoms with E-state index < -0.39 is 11.4 Å². The van der Waals surface area contributed by atoms with Gasteiger partial charge in [0.15, 0.2) is 0 Å². The van der Waals surface area contributed by atoms with Crippen molar-refractivity contribution in [3.63, 3.8) is 0 Å². The summed E-state index contributed by atoms with van der Waals surface area (Å²) in [7, 11) is 0. The Bertz CT molecular complexity index is 1480. The van der Waals surface area contributed by atoms with Gasteiger partial charge < -0.3 is 14.8 Å². The molecule has 0 radical (unpaired) electrons. The number of carbonyl (C=O) groups is 1. The van der Waals surface area contributed by atoms with Gasteiger partial charge in [-0.2, -0.15) is 5.26 Å². The van der Waals surface area contributed by atoms with E-state index >= 15 is 0 Å². The fourth-order valence-electron chi connectivity index (χ4n) is 4.38. The molecule has 4 aromatic rings. The van der Waals surface area contributed by atoms with Gasteiger partial charge in [-0.15, -0.1) is 0 Å². The standard InChI is InChI=1S/C27H22ClFN2O3/c1-15-12-19(8-9-20(15)29)31-21-13-18(28)14-22(32)24(21)23(25(31)27(2,3)10-11-30)16-4-6-17(7-5-16)26(33)34/h4-9,12-14,32H,10H2,1-3H3,(H,33,34). The summed E-state index contributed by atoms with van der Waals surface area (Å²) in [5.41, 5.74) is 3.17. The van der Waals surface area contributed by atoms with E-state index in [2.05, 4.69) is 6.07 Å². The number of aromatic nitrogens is 1. The lowest BCUT2D eigenvalue weighted by atomic mass is 9.81. The predicted molar refractivity (Wildman–Crippen MR) is 130 cm³/mol. The normalized spacial score (nSPS) is 11.5. The first-order chi connectivity index (χ1) is 16.0. The monoisotopic (exact) mass is 476 g/mol. The molecule has 0 amide bonds. The number of aromatic carboxylic acids is 1. The molecule has 1 heterocycles. The molecule has 0 spiro atoms. The molecule has 0 atom stereocenters. The number of carboxylic acid groups (broad SMARTS) is 1. The van der Waals surface area contributed by atoms with Gasteiger partial charge in [0.2, 0.25) is 0 Å². The Morgan fingerprint density at radius 1 is 1.15 bits per heavy atom. The number of nitriles is 1. The van der Waals surface area contributed by atoms with E-state index in [-0.39, 0.29) is 23.6 Å². The fourth-order valence-corrected chi connectivity index (χ4v) is 4.59. The number of aryl methyl sites for hydroxylation is 1. The van der Waals surface area contributed by atoms with E-state index in [9.17, 15) is 24.7 Å². The van der Waals surface area contributed by atoms with Gasteiger partial charge in [0.1, 0.15) is 11.6 Å². The Balaban J connectivity index is 2.21. The Morgan fingerprint density at radius 2 is 1.82 bits per heavy atom. The zero-order valence-corrected chi connectivity index (χ0v) is 19.6. The Hall–Kier alpha value is -3.82. The molecule has 5 nitrogen and oxygen atoms in total. The number of benzene rings is 3. The molecule has 0 saturated carbocycles. The van der Waals surface area contributed by atoms with Gasteiger partial charge >= 0.3 is 5.97 Å². The maximum absolute atomic E-state index is 14.1. The van der Waals surface area contributed by atoms with Crippen molar-refractivity contribution in [2.75, 3.05) is 0 Å². The molecule has 0 aliphatic rings. The molecule has 1 aromatic heterocycles.